The Bertz CT molecular complexity index is 396. The molecule has 112 valence electrons. The molecule has 2 nitrogen and oxygen atoms in total. The summed E-state index contributed by atoms with van der Waals surface area (Å²) in [6.07, 6.45) is 2.37. The fourth-order valence-corrected chi connectivity index (χ4v) is 2.94. The number of aryl methyl sites for hydroxylation is 1. The van der Waals surface area contributed by atoms with Crippen molar-refractivity contribution in [3.63, 3.8) is 0 Å². The van der Waals surface area contributed by atoms with Gasteiger partial charge in [-0.1, -0.05) is 45.0 Å². The van der Waals surface area contributed by atoms with Gasteiger partial charge >= 0.3 is 0 Å². The highest BCUT2D eigenvalue weighted by Crippen LogP contribution is 2.17. The molecule has 1 aliphatic rings. The maximum Gasteiger partial charge on any atom is 0.0237 e. The van der Waals surface area contributed by atoms with Crippen molar-refractivity contribution in [1.29, 1.82) is 0 Å². The average Bonchev–Trinajstić information content (AvgIpc) is 2.62. The van der Waals surface area contributed by atoms with Crippen LogP contribution in [0.5, 0.6) is 0 Å². The van der Waals surface area contributed by atoms with Crippen LogP contribution in [0.4, 0.5) is 0 Å². The van der Waals surface area contributed by atoms with Crippen LogP contribution in [0.25, 0.3) is 0 Å². The molecule has 1 fully saturated rings. The number of nitrogens with zero attached hydrogens (tertiary/aromatic N) is 1. The number of nitrogens with one attached hydrogen (secondary N) is 1. The zero-order valence-electron chi connectivity index (χ0n) is 13.5. The first-order valence-corrected chi connectivity index (χ1v) is 8.15. The van der Waals surface area contributed by atoms with Crippen molar-refractivity contribution in [1.82, 2.24) is 10.2 Å². The molecule has 20 heavy (non-hydrogen) atoms. The van der Waals surface area contributed by atoms with Crippen LogP contribution in [0.2, 0.25) is 0 Å². The van der Waals surface area contributed by atoms with Crippen molar-refractivity contribution >= 4 is 0 Å². The van der Waals surface area contributed by atoms with Crippen molar-refractivity contribution in [2.75, 3.05) is 13.1 Å². The quantitative estimate of drug-likeness (QED) is 0.904. The smallest absolute Gasteiger partial charge is 0.0237 e. The normalized spacial score (nSPS) is 24.9. The lowest BCUT2D eigenvalue weighted by atomic mass is 10.0. The summed E-state index contributed by atoms with van der Waals surface area (Å²) < 4.78 is 0. The maximum absolute atomic E-state index is 3.70. The third-order valence-electron chi connectivity index (χ3n) is 4.64. The van der Waals surface area contributed by atoms with Crippen LogP contribution < -0.4 is 5.32 Å². The number of rotatable bonds is 4. The summed E-state index contributed by atoms with van der Waals surface area (Å²) in [7, 11) is 0. The van der Waals surface area contributed by atoms with Crippen molar-refractivity contribution in [2.24, 2.45) is 5.92 Å². The van der Waals surface area contributed by atoms with E-state index in [1.165, 1.54) is 17.5 Å². The molecule has 1 N–H and O–H groups in total. The molecule has 2 unspecified atom stereocenters. The zero-order chi connectivity index (χ0) is 14.5. The fraction of sp³-hybridized carbons (Fsp3) is 0.667. The van der Waals surface area contributed by atoms with E-state index >= 15 is 0 Å². The van der Waals surface area contributed by atoms with E-state index in [2.05, 4.69) is 62.2 Å². The molecule has 1 aromatic carbocycles. The Morgan fingerprint density at radius 1 is 1.20 bits per heavy atom. The van der Waals surface area contributed by atoms with Gasteiger partial charge in [0.05, 0.1) is 0 Å². The summed E-state index contributed by atoms with van der Waals surface area (Å²) in [4.78, 5) is 2.64. The fourth-order valence-electron chi connectivity index (χ4n) is 2.94. The lowest BCUT2D eigenvalue weighted by molar-refractivity contribution is 0.184. The van der Waals surface area contributed by atoms with E-state index in [0.717, 1.165) is 26.1 Å². The van der Waals surface area contributed by atoms with Crippen LogP contribution in [0.1, 0.15) is 45.2 Å². The second-order valence-corrected chi connectivity index (χ2v) is 6.54. The van der Waals surface area contributed by atoms with Crippen molar-refractivity contribution in [3.05, 3.63) is 35.4 Å². The highest BCUT2D eigenvalue weighted by molar-refractivity contribution is 5.22. The number of hydrogen-bond acceptors (Lipinski definition) is 2. The van der Waals surface area contributed by atoms with Gasteiger partial charge in [-0.15, -0.1) is 0 Å². The summed E-state index contributed by atoms with van der Waals surface area (Å²) in [5.74, 6) is 0.699. The van der Waals surface area contributed by atoms with E-state index in [1.807, 2.05) is 0 Å². The first-order valence-electron chi connectivity index (χ1n) is 8.15. The van der Waals surface area contributed by atoms with Gasteiger partial charge in [-0.05, 0) is 43.4 Å². The van der Waals surface area contributed by atoms with Crippen molar-refractivity contribution in [2.45, 2.75) is 59.2 Å². The summed E-state index contributed by atoms with van der Waals surface area (Å²) in [6, 6.07) is 10.4. The second kappa shape index (κ2) is 7.24. The van der Waals surface area contributed by atoms with E-state index in [0.29, 0.717) is 18.0 Å². The highest BCUT2D eigenvalue weighted by atomic mass is 15.2. The van der Waals surface area contributed by atoms with Crippen LogP contribution in [0.3, 0.4) is 0 Å². The number of benzene rings is 1. The Balaban J connectivity index is 2.03. The third kappa shape index (κ3) is 4.07. The van der Waals surface area contributed by atoms with Crippen LogP contribution in [-0.2, 0) is 13.0 Å². The van der Waals surface area contributed by atoms with Crippen LogP contribution in [-0.4, -0.2) is 30.1 Å². The largest absolute Gasteiger partial charge is 0.312 e. The van der Waals surface area contributed by atoms with E-state index in [-0.39, 0.29) is 0 Å². The molecule has 2 rings (SSSR count). The standard InChI is InChI=1S/C18H30N2/c1-5-16-6-8-17(9-7-16)12-20-13-18(14(2)3)19-11-10-15(20)4/h6-9,14-15,18-19H,5,10-13H2,1-4H3. The molecule has 1 aliphatic heterocycles. The van der Waals surface area contributed by atoms with Gasteiger partial charge < -0.3 is 5.32 Å². The second-order valence-electron chi connectivity index (χ2n) is 6.54. The molecule has 0 saturated carbocycles. The third-order valence-corrected chi connectivity index (χ3v) is 4.64. The van der Waals surface area contributed by atoms with Gasteiger partial charge in [-0.3, -0.25) is 4.90 Å². The first kappa shape index (κ1) is 15.5. The lowest BCUT2D eigenvalue weighted by Crippen LogP contribution is -2.42. The van der Waals surface area contributed by atoms with Gasteiger partial charge in [0, 0.05) is 25.2 Å². The Kier molecular flexibility index (Phi) is 5.62. The number of hydrogen-bond donors (Lipinski definition) is 1. The van der Waals surface area contributed by atoms with Crippen molar-refractivity contribution < 1.29 is 0 Å². The molecule has 0 aromatic heterocycles. The Morgan fingerprint density at radius 3 is 2.45 bits per heavy atom. The van der Waals surface area contributed by atoms with Crippen LogP contribution >= 0.6 is 0 Å². The summed E-state index contributed by atoms with van der Waals surface area (Å²) in [5, 5.41) is 3.70. The molecular formula is C18H30N2. The molecule has 0 amide bonds. The molecule has 1 aromatic rings. The molecule has 2 heteroatoms. The summed E-state index contributed by atoms with van der Waals surface area (Å²) >= 11 is 0. The summed E-state index contributed by atoms with van der Waals surface area (Å²) in [5.41, 5.74) is 2.87. The Hall–Kier alpha value is -0.860. The van der Waals surface area contributed by atoms with Crippen LogP contribution in [0.15, 0.2) is 24.3 Å². The Labute approximate surface area is 124 Å². The van der Waals surface area contributed by atoms with E-state index < -0.39 is 0 Å². The monoisotopic (exact) mass is 274 g/mol. The van der Waals surface area contributed by atoms with Gasteiger partial charge in [0.15, 0.2) is 0 Å². The van der Waals surface area contributed by atoms with E-state index in [4.69, 9.17) is 0 Å². The Morgan fingerprint density at radius 2 is 1.85 bits per heavy atom. The van der Waals surface area contributed by atoms with Gasteiger partial charge in [-0.2, -0.15) is 0 Å². The molecular weight excluding hydrogens is 244 g/mol. The maximum atomic E-state index is 3.70. The molecule has 1 heterocycles. The molecule has 0 aliphatic carbocycles. The summed E-state index contributed by atoms with van der Waals surface area (Å²) in [6.45, 7) is 12.6. The minimum absolute atomic E-state index is 0.620. The van der Waals surface area contributed by atoms with Gasteiger partial charge in [-0.25, -0.2) is 0 Å². The topological polar surface area (TPSA) is 15.3 Å². The minimum Gasteiger partial charge on any atom is -0.312 e. The average molecular weight is 274 g/mol. The van der Waals surface area contributed by atoms with E-state index in [9.17, 15) is 0 Å². The molecule has 0 spiro atoms. The van der Waals surface area contributed by atoms with Gasteiger partial charge in [0.1, 0.15) is 0 Å². The molecule has 2 atom stereocenters. The minimum atomic E-state index is 0.620. The lowest BCUT2D eigenvalue weighted by Gasteiger charge is -2.30. The zero-order valence-corrected chi connectivity index (χ0v) is 13.5. The van der Waals surface area contributed by atoms with E-state index in [1.54, 1.807) is 0 Å². The van der Waals surface area contributed by atoms with Gasteiger partial charge in [0.25, 0.3) is 0 Å². The molecule has 0 bridgehead atoms. The predicted octanol–water partition coefficient (Wildman–Crippen LogP) is 3.46. The molecule has 1 saturated heterocycles. The molecule has 0 radical (unpaired) electrons. The van der Waals surface area contributed by atoms with Crippen molar-refractivity contribution in [3.8, 4) is 0 Å². The predicted molar refractivity (Wildman–Crippen MR) is 86.9 cm³/mol. The SMILES string of the molecule is CCc1ccc(CN2CC(C(C)C)NCCC2C)cc1. The first-order chi connectivity index (χ1) is 9.60. The van der Waals surface area contributed by atoms with Gasteiger partial charge in [0.2, 0.25) is 0 Å². The van der Waals surface area contributed by atoms with Crippen LogP contribution in [0, 0.1) is 5.92 Å². The highest BCUT2D eigenvalue weighted by Gasteiger charge is 2.24.